The number of aryl methyl sites for hydroxylation is 1. The molecule has 0 fully saturated rings. The molecule has 2 aromatic carbocycles. The fraction of sp³-hybridized carbons (Fsp3) is 0.250. The summed E-state index contributed by atoms with van der Waals surface area (Å²) >= 11 is 0. The Bertz CT molecular complexity index is 568. The number of hydrogen-bond donors (Lipinski definition) is 0. The van der Waals surface area contributed by atoms with Crippen LogP contribution in [-0.2, 0) is 0 Å². The molecule has 0 heterocycles. The van der Waals surface area contributed by atoms with Gasteiger partial charge in [0.1, 0.15) is 0 Å². The quantitative estimate of drug-likeness (QED) is 0.614. The van der Waals surface area contributed by atoms with Crippen molar-refractivity contribution in [1.82, 2.24) is 0 Å². The highest BCUT2D eigenvalue weighted by Gasteiger charge is 2.09. The molecule has 0 saturated carbocycles. The average molecular weight is 208 g/mol. The van der Waals surface area contributed by atoms with Gasteiger partial charge in [0, 0.05) is 10.9 Å². The van der Waals surface area contributed by atoms with Crippen LogP contribution in [0.4, 0.5) is 0 Å². The minimum absolute atomic E-state index is 0.498. The molecule has 0 radical (unpaired) electrons. The van der Waals surface area contributed by atoms with Gasteiger partial charge in [-0.3, -0.25) is 0 Å². The normalized spacial score (nSPS) is 10.7. The van der Waals surface area contributed by atoms with Gasteiger partial charge in [0.2, 0.25) is 0 Å². The second-order valence-corrected chi connectivity index (χ2v) is 4.50. The van der Waals surface area contributed by atoms with E-state index in [9.17, 15) is 0 Å². The van der Waals surface area contributed by atoms with Gasteiger partial charge < -0.3 is 0 Å². The molecule has 0 aliphatic rings. The highest BCUT2D eigenvalue weighted by atomic mass is 14.1. The standard InChI is InChI=1S/C16H16/c1-5-14-12(4)9-10-13-7-6-8-15(11(2)3)16(13)14/h1,6-11H,2-4H3. The first-order chi connectivity index (χ1) is 7.65. The van der Waals surface area contributed by atoms with E-state index in [0.717, 1.165) is 5.56 Å². The van der Waals surface area contributed by atoms with Crippen LogP contribution in [0.25, 0.3) is 10.8 Å². The van der Waals surface area contributed by atoms with E-state index in [1.165, 1.54) is 21.9 Å². The van der Waals surface area contributed by atoms with E-state index < -0.39 is 0 Å². The van der Waals surface area contributed by atoms with Crippen molar-refractivity contribution in [2.75, 3.05) is 0 Å². The van der Waals surface area contributed by atoms with Crippen molar-refractivity contribution in [3.05, 3.63) is 47.0 Å². The molecule has 0 heteroatoms. The third kappa shape index (κ3) is 1.59. The summed E-state index contributed by atoms with van der Waals surface area (Å²) in [6, 6.07) is 10.7. The molecule has 0 saturated heterocycles. The molecular weight excluding hydrogens is 192 g/mol. The molecule has 0 aliphatic carbocycles. The fourth-order valence-corrected chi connectivity index (χ4v) is 2.18. The van der Waals surface area contributed by atoms with E-state index in [-0.39, 0.29) is 0 Å². The minimum Gasteiger partial charge on any atom is -0.115 e. The molecule has 0 nitrogen and oxygen atoms in total. The summed E-state index contributed by atoms with van der Waals surface area (Å²) in [6.07, 6.45) is 5.64. The van der Waals surface area contributed by atoms with Crippen LogP contribution in [0.2, 0.25) is 0 Å². The Labute approximate surface area is 97.3 Å². The van der Waals surface area contributed by atoms with E-state index in [1.54, 1.807) is 0 Å². The second kappa shape index (κ2) is 4.02. The number of fused-ring (bicyclic) bond motifs is 1. The lowest BCUT2D eigenvalue weighted by molar-refractivity contribution is 0.876. The Balaban J connectivity index is 2.94. The summed E-state index contributed by atoms with van der Waals surface area (Å²) in [5, 5.41) is 2.49. The largest absolute Gasteiger partial charge is 0.115 e. The van der Waals surface area contributed by atoms with Crippen molar-refractivity contribution in [2.45, 2.75) is 26.7 Å². The van der Waals surface area contributed by atoms with Gasteiger partial charge in [-0.05, 0) is 29.4 Å². The molecule has 0 atom stereocenters. The monoisotopic (exact) mass is 208 g/mol. The number of benzene rings is 2. The lowest BCUT2D eigenvalue weighted by Crippen LogP contribution is -1.93. The first-order valence-corrected chi connectivity index (χ1v) is 5.64. The van der Waals surface area contributed by atoms with Crippen LogP contribution in [0.3, 0.4) is 0 Å². The lowest BCUT2D eigenvalue weighted by Gasteiger charge is -2.13. The topological polar surface area (TPSA) is 0 Å². The summed E-state index contributed by atoms with van der Waals surface area (Å²) in [7, 11) is 0. The molecule has 80 valence electrons. The fourth-order valence-electron chi connectivity index (χ4n) is 2.18. The third-order valence-electron chi connectivity index (χ3n) is 3.05. The molecule has 0 aromatic heterocycles. The Morgan fingerprint density at radius 3 is 2.50 bits per heavy atom. The molecule has 2 rings (SSSR count). The van der Waals surface area contributed by atoms with Crippen LogP contribution in [0.1, 0.15) is 36.5 Å². The van der Waals surface area contributed by atoms with Crippen molar-refractivity contribution < 1.29 is 0 Å². The van der Waals surface area contributed by atoms with E-state index in [4.69, 9.17) is 6.42 Å². The third-order valence-corrected chi connectivity index (χ3v) is 3.05. The molecule has 0 N–H and O–H groups in total. The van der Waals surface area contributed by atoms with Crippen LogP contribution in [0, 0.1) is 19.3 Å². The molecule has 0 amide bonds. The maximum atomic E-state index is 5.64. The maximum Gasteiger partial charge on any atom is 0.0353 e. The maximum absolute atomic E-state index is 5.64. The summed E-state index contributed by atoms with van der Waals surface area (Å²) in [4.78, 5) is 0. The first-order valence-electron chi connectivity index (χ1n) is 5.64. The highest BCUT2D eigenvalue weighted by Crippen LogP contribution is 2.29. The molecule has 2 aromatic rings. The Kier molecular flexibility index (Phi) is 2.71. The average Bonchev–Trinajstić information content (AvgIpc) is 2.28. The molecular formula is C16H16. The van der Waals surface area contributed by atoms with Crippen LogP contribution in [-0.4, -0.2) is 0 Å². The van der Waals surface area contributed by atoms with Gasteiger partial charge in [0.05, 0.1) is 0 Å². The number of rotatable bonds is 1. The summed E-state index contributed by atoms with van der Waals surface area (Å²) in [5.41, 5.74) is 3.57. The van der Waals surface area contributed by atoms with Gasteiger partial charge in [0.25, 0.3) is 0 Å². The van der Waals surface area contributed by atoms with Gasteiger partial charge in [-0.2, -0.15) is 0 Å². The Morgan fingerprint density at radius 1 is 1.12 bits per heavy atom. The van der Waals surface area contributed by atoms with Gasteiger partial charge in [-0.1, -0.05) is 50.1 Å². The molecule has 0 unspecified atom stereocenters. The molecule has 0 bridgehead atoms. The summed E-state index contributed by atoms with van der Waals surface area (Å²) in [6.45, 7) is 6.49. The highest BCUT2D eigenvalue weighted by molar-refractivity contribution is 5.92. The van der Waals surface area contributed by atoms with Crippen LogP contribution in [0.5, 0.6) is 0 Å². The smallest absolute Gasteiger partial charge is 0.0353 e. The molecule has 16 heavy (non-hydrogen) atoms. The van der Waals surface area contributed by atoms with Gasteiger partial charge >= 0.3 is 0 Å². The lowest BCUT2D eigenvalue weighted by atomic mass is 9.91. The molecule has 0 spiro atoms. The van der Waals surface area contributed by atoms with Crippen LogP contribution >= 0.6 is 0 Å². The van der Waals surface area contributed by atoms with Crippen molar-refractivity contribution in [2.24, 2.45) is 0 Å². The van der Waals surface area contributed by atoms with E-state index in [1.807, 2.05) is 0 Å². The zero-order valence-corrected chi connectivity index (χ0v) is 10.0. The van der Waals surface area contributed by atoms with Gasteiger partial charge in [0.15, 0.2) is 0 Å². The molecule has 0 aliphatic heterocycles. The van der Waals surface area contributed by atoms with Crippen molar-refractivity contribution >= 4 is 10.8 Å². The summed E-state index contributed by atoms with van der Waals surface area (Å²) < 4.78 is 0. The van der Waals surface area contributed by atoms with Gasteiger partial charge in [-0.25, -0.2) is 0 Å². The Morgan fingerprint density at radius 2 is 1.88 bits per heavy atom. The van der Waals surface area contributed by atoms with Crippen LogP contribution in [0.15, 0.2) is 30.3 Å². The zero-order chi connectivity index (χ0) is 11.7. The van der Waals surface area contributed by atoms with E-state index in [2.05, 4.69) is 57.0 Å². The minimum atomic E-state index is 0.498. The first kappa shape index (κ1) is 10.8. The van der Waals surface area contributed by atoms with E-state index in [0.29, 0.717) is 5.92 Å². The zero-order valence-electron chi connectivity index (χ0n) is 10.0. The Hall–Kier alpha value is -1.74. The van der Waals surface area contributed by atoms with Crippen molar-refractivity contribution in [1.29, 1.82) is 0 Å². The van der Waals surface area contributed by atoms with Gasteiger partial charge in [-0.15, -0.1) is 6.42 Å². The summed E-state index contributed by atoms with van der Waals surface area (Å²) in [5.74, 6) is 3.33. The SMILES string of the molecule is C#Cc1c(C)ccc2cccc(C(C)C)c12. The number of terminal acetylenes is 1. The van der Waals surface area contributed by atoms with Crippen molar-refractivity contribution in [3.8, 4) is 12.3 Å². The number of hydrogen-bond acceptors (Lipinski definition) is 0. The van der Waals surface area contributed by atoms with E-state index >= 15 is 0 Å². The van der Waals surface area contributed by atoms with Crippen LogP contribution < -0.4 is 0 Å². The predicted molar refractivity (Wildman–Crippen MR) is 70.7 cm³/mol. The van der Waals surface area contributed by atoms with Crippen molar-refractivity contribution in [3.63, 3.8) is 0 Å². The second-order valence-electron chi connectivity index (χ2n) is 4.50. The predicted octanol–water partition coefficient (Wildman–Crippen LogP) is 4.25.